The first kappa shape index (κ1) is 16.3. The highest BCUT2D eigenvalue weighted by Crippen LogP contribution is 2.31. The lowest BCUT2D eigenvalue weighted by Gasteiger charge is -2.27. The summed E-state index contributed by atoms with van der Waals surface area (Å²) in [6.07, 6.45) is 5.75. The van der Waals surface area contributed by atoms with Crippen LogP contribution in [-0.4, -0.2) is 46.1 Å². The van der Waals surface area contributed by atoms with Crippen LogP contribution in [0, 0.1) is 0 Å². The van der Waals surface area contributed by atoms with Crippen molar-refractivity contribution in [2.24, 2.45) is 0 Å². The van der Waals surface area contributed by atoms with E-state index in [4.69, 9.17) is 0 Å². The molecule has 1 aliphatic carbocycles. The molecule has 2 aliphatic rings. The molecule has 0 spiro atoms. The number of aliphatic hydroxyl groups is 1. The van der Waals surface area contributed by atoms with Gasteiger partial charge in [-0.25, -0.2) is 0 Å². The topological polar surface area (TPSA) is 69.6 Å². The lowest BCUT2D eigenvalue weighted by atomic mass is 9.89. The SMILES string of the molecule is CCCC(O)(CCC)CC(=O)NC1CC(=O)N(C2CC2)C1. The summed E-state index contributed by atoms with van der Waals surface area (Å²) in [6.45, 7) is 4.67. The molecule has 2 fully saturated rings. The first-order valence-corrected chi connectivity index (χ1v) is 8.28. The number of nitrogens with one attached hydrogen (secondary N) is 1. The summed E-state index contributed by atoms with van der Waals surface area (Å²) in [6, 6.07) is 0.328. The van der Waals surface area contributed by atoms with Crippen LogP contribution in [0.3, 0.4) is 0 Å². The summed E-state index contributed by atoms with van der Waals surface area (Å²) in [5.41, 5.74) is -0.896. The Labute approximate surface area is 127 Å². The first-order chi connectivity index (χ1) is 9.97. The van der Waals surface area contributed by atoms with Crippen molar-refractivity contribution in [3.8, 4) is 0 Å². The number of amides is 2. The zero-order valence-electron chi connectivity index (χ0n) is 13.2. The summed E-state index contributed by atoms with van der Waals surface area (Å²) in [7, 11) is 0. The Morgan fingerprint density at radius 1 is 1.33 bits per heavy atom. The number of hydrogen-bond acceptors (Lipinski definition) is 3. The van der Waals surface area contributed by atoms with Crippen molar-refractivity contribution >= 4 is 11.8 Å². The van der Waals surface area contributed by atoms with Crippen LogP contribution < -0.4 is 5.32 Å². The van der Waals surface area contributed by atoms with Crippen molar-refractivity contribution in [2.45, 2.75) is 82.9 Å². The van der Waals surface area contributed by atoms with Crippen LogP contribution in [0.4, 0.5) is 0 Å². The normalized spacial score (nSPS) is 22.7. The molecule has 5 heteroatoms. The zero-order valence-corrected chi connectivity index (χ0v) is 13.2. The van der Waals surface area contributed by atoms with E-state index < -0.39 is 5.60 Å². The molecule has 1 heterocycles. The van der Waals surface area contributed by atoms with Gasteiger partial charge in [-0.05, 0) is 25.7 Å². The van der Waals surface area contributed by atoms with Gasteiger partial charge in [0.25, 0.3) is 0 Å². The zero-order chi connectivity index (χ0) is 15.5. The molecule has 1 aliphatic heterocycles. The van der Waals surface area contributed by atoms with E-state index in [0.717, 1.165) is 25.7 Å². The van der Waals surface area contributed by atoms with Gasteiger partial charge in [-0.15, -0.1) is 0 Å². The molecule has 1 unspecified atom stereocenters. The maximum absolute atomic E-state index is 12.2. The van der Waals surface area contributed by atoms with Crippen molar-refractivity contribution in [3.63, 3.8) is 0 Å². The number of nitrogens with zero attached hydrogens (tertiary/aromatic N) is 1. The molecule has 1 saturated carbocycles. The standard InChI is InChI=1S/C16H28N2O3/c1-3-7-16(21,8-4-2)10-14(19)17-12-9-15(20)18(11-12)13-5-6-13/h12-13,21H,3-11H2,1-2H3,(H,17,19). The molecule has 2 rings (SSSR count). The van der Waals surface area contributed by atoms with Crippen molar-refractivity contribution < 1.29 is 14.7 Å². The Kier molecular flexibility index (Phi) is 5.25. The van der Waals surface area contributed by atoms with Gasteiger partial charge in [0.05, 0.1) is 18.1 Å². The highest BCUT2D eigenvalue weighted by molar-refractivity contribution is 5.83. The Hall–Kier alpha value is -1.10. The third kappa shape index (κ3) is 4.43. The van der Waals surface area contributed by atoms with Crippen molar-refractivity contribution in [1.29, 1.82) is 0 Å². The average Bonchev–Trinajstić information content (AvgIpc) is 3.14. The van der Waals surface area contributed by atoms with Gasteiger partial charge in [0.2, 0.25) is 11.8 Å². The highest BCUT2D eigenvalue weighted by atomic mass is 16.3. The number of likely N-dealkylation sites (tertiary alicyclic amines) is 1. The number of hydrogen-bond donors (Lipinski definition) is 2. The second-order valence-electron chi connectivity index (χ2n) is 6.65. The molecule has 120 valence electrons. The van der Waals surface area contributed by atoms with Crippen molar-refractivity contribution in [2.75, 3.05) is 6.54 Å². The molecule has 2 N–H and O–H groups in total. The average molecular weight is 296 g/mol. The molecule has 0 radical (unpaired) electrons. The largest absolute Gasteiger partial charge is 0.389 e. The van der Waals surface area contributed by atoms with E-state index in [2.05, 4.69) is 5.32 Å². The molecular formula is C16H28N2O3. The van der Waals surface area contributed by atoms with Gasteiger partial charge < -0.3 is 15.3 Å². The van der Waals surface area contributed by atoms with Gasteiger partial charge >= 0.3 is 0 Å². The van der Waals surface area contributed by atoms with Crippen LogP contribution >= 0.6 is 0 Å². The second-order valence-corrected chi connectivity index (χ2v) is 6.65. The summed E-state index contributed by atoms with van der Waals surface area (Å²) in [4.78, 5) is 25.9. The Balaban J connectivity index is 1.82. The molecule has 2 amide bonds. The third-order valence-electron chi connectivity index (χ3n) is 4.43. The van der Waals surface area contributed by atoms with E-state index in [1.165, 1.54) is 0 Å². The van der Waals surface area contributed by atoms with Crippen LogP contribution in [0.15, 0.2) is 0 Å². The Morgan fingerprint density at radius 2 is 1.95 bits per heavy atom. The lowest BCUT2D eigenvalue weighted by Crippen LogP contribution is -2.42. The summed E-state index contributed by atoms with van der Waals surface area (Å²) in [5, 5.41) is 13.5. The minimum absolute atomic E-state index is 0.0851. The maximum atomic E-state index is 12.2. The minimum atomic E-state index is -0.896. The molecule has 0 aromatic rings. The third-order valence-corrected chi connectivity index (χ3v) is 4.43. The van der Waals surface area contributed by atoms with Gasteiger partial charge in [0.1, 0.15) is 0 Å². The quantitative estimate of drug-likeness (QED) is 0.714. The second kappa shape index (κ2) is 6.77. The van der Waals surface area contributed by atoms with Gasteiger partial charge in [0, 0.05) is 19.0 Å². The fourth-order valence-electron chi connectivity index (χ4n) is 3.38. The monoisotopic (exact) mass is 296 g/mol. The number of rotatable bonds is 8. The molecule has 1 saturated heterocycles. The Bertz CT molecular complexity index is 387. The van der Waals surface area contributed by atoms with Crippen LogP contribution in [0.25, 0.3) is 0 Å². The minimum Gasteiger partial charge on any atom is -0.389 e. The fraction of sp³-hybridized carbons (Fsp3) is 0.875. The predicted molar refractivity (Wildman–Crippen MR) is 80.7 cm³/mol. The number of carbonyl (C=O) groups excluding carboxylic acids is 2. The van der Waals surface area contributed by atoms with Gasteiger partial charge in [0.15, 0.2) is 0 Å². The van der Waals surface area contributed by atoms with E-state index in [9.17, 15) is 14.7 Å². The molecule has 0 bridgehead atoms. The Morgan fingerprint density at radius 3 is 2.48 bits per heavy atom. The predicted octanol–water partition coefficient (Wildman–Crippen LogP) is 1.59. The smallest absolute Gasteiger partial charge is 0.225 e. The fourth-order valence-corrected chi connectivity index (χ4v) is 3.38. The lowest BCUT2D eigenvalue weighted by molar-refractivity contribution is -0.128. The summed E-state index contributed by atoms with van der Waals surface area (Å²) < 4.78 is 0. The molecule has 0 aromatic carbocycles. The van der Waals surface area contributed by atoms with Crippen LogP contribution in [-0.2, 0) is 9.59 Å². The first-order valence-electron chi connectivity index (χ1n) is 8.28. The van der Waals surface area contributed by atoms with Gasteiger partial charge in [-0.3, -0.25) is 9.59 Å². The van der Waals surface area contributed by atoms with Gasteiger partial charge in [-0.2, -0.15) is 0 Å². The molecular weight excluding hydrogens is 268 g/mol. The van der Waals surface area contributed by atoms with Crippen LogP contribution in [0.5, 0.6) is 0 Å². The van der Waals surface area contributed by atoms with E-state index in [1.54, 1.807) is 0 Å². The van der Waals surface area contributed by atoms with Crippen molar-refractivity contribution in [1.82, 2.24) is 10.2 Å². The van der Waals surface area contributed by atoms with Crippen LogP contribution in [0.2, 0.25) is 0 Å². The molecule has 0 aromatic heterocycles. The van der Waals surface area contributed by atoms with E-state index in [-0.39, 0.29) is 24.3 Å². The molecule has 5 nitrogen and oxygen atoms in total. The summed E-state index contributed by atoms with van der Waals surface area (Å²) in [5.74, 6) is 0.0232. The summed E-state index contributed by atoms with van der Waals surface area (Å²) >= 11 is 0. The van der Waals surface area contributed by atoms with E-state index >= 15 is 0 Å². The number of carbonyl (C=O) groups is 2. The van der Waals surface area contributed by atoms with Crippen molar-refractivity contribution in [3.05, 3.63) is 0 Å². The maximum Gasteiger partial charge on any atom is 0.225 e. The van der Waals surface area contributed by atoms with Crippen LogP contribution in [0.1, 0.15) is 65.2 Å². The molecule has 21 heavy (non-hydrogen) atoms. The van der Waals surface area contributed by atoms with E-state index in [1.807, 2.05) is 18.7 Å². The van der Waals surface area contributed by atoms with E-state index in [0.29, 0.717) is 31.8 Å². The van der Waals surface area contributed by atoms with Gasteiger partial charge in [-0.1, -0.05) is 26.7 Å². The molecule has 1 atom stereocenters. The highest BCUT2D eigenvalue weighted by Gasteiger charge is 2.40.